The molecule has 1 aliphatic heterocycles. The number of phenols is 1. The highest BCUT2D eigenvalue weighted by molar-refractivity contribution is 6.46. The lowest BCUT2D eigenvalue weighted by Gasteiger charge is -2.26. The van der Waals surface area contributed by atoms with Crippen molar-refractivity contribution in [1.29, 1.82) is 0 Å². The molecule has 2 aromatic rings. The monoisotopic (exact) mass is 467 g/mol. The van der Waals surface area contributed by atoms with Gasteiger partial charge in [-0.3, -0.25) is 9.59 Å². The van der Waals surface area contributed by atoms with Crippen LogP contribution in [0.25, 0.3) is 5.76 Å². The van der Waals surface area contributed by atoms with E-state index < -0.39 is 17.7 Å². The molecule has 1 atom stereocenters. The highest BCUT2D eigenvalue weighted by Gasteiger charge is 2.46. The molecule has 0 spiro atoms. The number of benzene rings is 2. The summed E-state index contributed by atoms with van der Waals surface area (Å²) in [6.45, 7) is 8.54. The highest BCUT2D eigenvalue weighted by atomic mass is 16.5. The maximum Gasteiger partial charge on any atom is 0.295 e. The van der Waals surface area contributed by atoms with Gasteiger partial charge in [-0.05, 0) is 60.7 Å². The number of aliphatic hydroxyl groups excluding tert-OH is 1. The van der Waals surface area contributed by atoms with Gasteiger partial charge in [0.1, 0.15) is 11.5 Å². The minimum absolute atomic E-state index is 0.0223. The van der Waals surface area contributed by atoms with E-state index in [-0.39, 0.29) is 28.7 Å². The Morgan fingerprint density at radius 1 is 1.09 bits per heavy atom. The quantitative estimate of drug-likeness (QED) is 0.301. The SMILES string of the molecule is CCCCN1C(=O)C(=O)/C(=C(/O)c2ccc(OC)c(C(C)C)c2)C1c1ccc(O)c(OCC)c1. The Bertz CT molecular complexity index is 1100. The molecular formula is C27H33NO6. The molecule has 7 heteroatoms. The van der Waals surface area contributed by atoms with Gasteiger partial charge in [-0.1, -0.05) is 33.3 Å². The van der Waals surface area contributed by atoms with Crippen LogP contribution < -0.4 is 9.47 Å². The van der Waals surface area contributed by atoms with Gasteiger partial charge in [0.05, 0.1) is 25.3 Å². The number of likely N-dealkylation sites (tertiary alicyclic amines) is 1. The average molecular weight is 468 g/mol. The molecule has 7 nitrogen and oxygen atoms in total. The first-order valence-electron chi connectivity index (χ1n) is 11.7. The number of aliphatic hydroxyl groups is 1. The maximum atomic E-state index is 13.2. The fraction of sp³-hybridized carbons (Fsp3) is 0.407. The molecule has 1 saturated heterocycles. The van der Waals surface area contributed by atoms with Crippen molar-refractivity contribution in [3.05, 3.63) is 58.7 Å². The summed E-state index contributed by atoms with van der Waals surface area (Å²) in [6.07, 6.45) is 1.55. The molecule has 0 aliphatic carbocycles. The first kappa shape index (κ1) is 25.1. The van der Waals surface area contributed by atoms with Crippen LogP contribution in [-0.2, 0) is 9.59 Å². The molecule has 1 unspecified atom stereocenters. The Hall–Kier alpha value is -3.48. The number of amides is 1. The predicted octanol–water partition coefficient (Wildman–Crippen LogP) is 5.14. The molecule has 182 valence electrons. The first-order valence-corrected chi connectivity index (χ1v) is 11.7. The van der Waals surface area contributed by atoms with Crippen molar-refractivity contribution in [3.8, 4) is 17.2 Å². The van der Waals surface area contributed by atoms with Crippen LogP contribution >= 0.6 is 0 Å². The summed E-state index contributed by atoms with van der Waals surface area (Å²) in [5, 5.41) is 21.5. The number of nitrogens with zero attached hydrogens (tertiary/aromatic N) is 1. The van der Waals surface area contributed by atoms with Crippen LogP contribution in [0, 0.1) is 0 Å². The van der Waals surface area contributed by atoms with Crippen molar-refractivity contribution >= 4 is 17.4 Å². The second kappa shape index (κ2) is 10.6. The number of rotatable bonds is 9. The zero-order valence-electron chi connectivity index (χ0n) is 20.4. The van der Waals surface area contributed by atoms with Gasteiger partial charge in [0, 0.05) is 12.1 Å². The van der Waals surface area contributed by atoms with E-state index in [0.29, 0.717) is 36.4 Å². The van der Waals surface area contributed by atoms with Gasteiger partial charge in [0.25, 0.3) is 11.7 Å². The molecule has 2 N–H and O–H groups in total. The summed E-state index contributed by atoms with van der Waals surface area (Å²) in [4.78, 5) is 27.7. The van der Waals surface area contributed by atoms with Crippen LogP contribution in [0.5, 0.6) is 17.2 Å². The Morgan fingerprint density at radius 2 is 1.82 bits per heavy atom. The van der Waals surface area contributed by atoms with Crippen molar-refractivity contribution in [1.82, 2.24) is 4.90 Å². The number of hydrogen-bond acceptors (Lipinski definition) is 6. The summed E-state index contributed by atoms with van der Waals surface area (Å²) < 4.78 is 11.0. The summed E-state index contributed by atoms with van der Waals surface area (Å²) in [5.74, 6) is -0.587. The molecule has 0 radical (unpaired) electrons. The van der Waals surface area contributed by atoms with Gasteiger partial charge >= 0.3 is 0 Å². The number of methoxy groups -OCH3 is 1. The number of Topliss-reactive ketones (excluding diaryl/α,β-unsaturated/α-hetero) is 1. The summed E-state index contributed by atoms with van der Waals surface area (Å²) in [5.41, 5.74) is 1.92. The van der Waals surface area contributed by atoms with Crippen LogP contribution in [0.3, 0.4) is 0 Å². The third kappa shape index (κ3) is 4.74. The van der Waals surface area contributed by atoms with E-state index in [0.717, 1.165) is 12.0 Å². The summed E-state index contributed by atoms with van der Waals surface area (Å²) in [7, 11) is 1.58. The molecule has 0 aromatic heterocycles. The van der Waals surface area contributed by atoms with Crippen molar-refractivity contribution in [2.24, 2.45) is 0 Å². The second-order valence-corrected chi connectivity index (χ2v) is 8.62. The number of carbonyl (C=O) groups excluding carboxylic acids is 2. The van der Waals surface area contributed by atoms with Gasteiger partial charge in [-0.2, -0.15) is 0 Å². The van der Waals surface area contributed by atoms with Crippen LogP contribution in [0.4, 0.5) is 0 Å². The molecule has 1 heterocycles. The largest absolute Gasteiger partial charge is 0.507 e. The van der Waals surface area contributed by atoms with Crippen LogP contribution in [0.1, 0.15) is 69.2 Å². The fourth-order valence-corrected chi connectivity index (χ4v) is 4.25. The van der Waals surface area contributed by atoms with Crippen molar-refractivity contribution in [2.75, 3.05) is 20.3 Å². The minimum Gasteiger partial charge on any atom is -0.507 e. The van der Waals surface area contributed by atoms with Crippen molar-refractivity contribution < 1.29 is 29.3 Å². The normalized spacial score (nSPS) is 17.5. The third-order valence-corrected chi connectivity index (χ3v) is 6.02. The average Bonchev–Trinajstić information content (AvgIpc) is 3.08. The number of hydrogen-bond donors (Lipinski definition) is 2. The molecule has 1 fully saturated rings. The number of aromatic hydroxyl groups is 1. The molecule has 34 heavy (non-hydrogen) atoms. The van der Waals surface area contributed by atoms with E-state index in [1.807, 2.05) is 20.8 Å². The van der Waals surface area contributed by atoms with E-state index in [1.165, 1.54) is 11.0 Å². The van der Waals surface area contributed by atoms with E-state index in [4.69, 9.17) is 9.47 Å². The topological polar surface area (TPSA) is 96.3 Å². The van der Waals surface area contributed by atoms with Crippen LogP contribution in [-0.4, -0.2) is 47.1 Å². The Kier molecular flexibility index (Phi) is 7.87. The van der Waals surface area contributed by atoms with Gasteiger partial charge in [-0.25, -0.2) is 0 Å². The number of carbonyl (C=O) groups is 2. The van der Waals surface area contributed by atoms with E-state index in [1.54, 1.807) is 44.4 Å². The number of ether oxygens (including phenoxy) is 2. The van der Waals surface area contributed by atoms with Crippen LogP contribution in [0.2, 0.25) is 0 Å². The molecule has 2 aromatic carbocycles. The second-order valence-electron chi connectivity index (χ2n) is 8.62. The maximum absolute atomic E-state index is 13.2. The third-order valence-electron chi connectivity index (χ3n) is 6.02. The van der Waals surface area contributed by atoms with E-state index >= 15 is 0 Å². The lowest BCUT2D eigenvalue weighted by atomic mass is 9.93. The summed E-state index contributed by atoms with van der Waals surface area (Å²) >= 11 is 0. The number of unbranched alkanes of at least 4 members (excludes halogenated alkanes) is 1. The standard InChI is InChI=1S/C27H33NO6/c1-6-8-13-28-24(17-9-11-20(29)22(15-17)34-7-2)23(26(31)27(28)32)25(30)18-10-12-21(33-5)19(14-18)16(3)4/h9-12,14-16,24,29-30H,6-8,13H2,1-5H3/b25-23+. The fourth-order valence-electron chi connectivity index (χ4n) is 4.25. The first-order chi connectivity index (χ1) is 16.2. The minimum atomic E-state index is -0.795. The zero-order valence-corrected chi connectivity index (χ0v) is 20.4. The molecular weight excluding hydrogens is 434 g/mol. The molecule has 1 amide bonds. The van der Waals surface area contributed by atoms with Gasteiger partial charge < -0.3 is 24.6 Å². The van der Waals surface area contributed by atoms with E-state index in [2.05, 4.69) is 0 Å². The molecule has 1 aliphatic rings. The Morgan fingerprint density at radius 3 is 2.44 bits per heavy atom. The van der Waals surface area contributed by atoms with E-state index in [9.17, 15) is 19.8 Å². The molecule has 0 bridgehead atoms. The van der Waals surface area contributed by atoms with Crippen molar-refractivity contribution in [2.45, 2.75) is 52.5 Å². The highest BCUT2D eigenvalue weighted by Crippen LogP contribution is 2.42. The summed E-state index contributed by atoms with van der Waals surface area (Å²) in [6, 6.07) is 9.17. The number of phenolic OH excluding ortho intramolecular Hbond substituents is 1. The molecule has 0 saturated carbocycles. The van der Waals surface area contributed by atoms with Crippen LogP contribution in [0.15, 0.2) is 42.0 Å². The Labute approximate surface area is 200 Å². The predicted molar refractivity (Wildman–Crippen MR) is 130 cm³/mol. The van der Waals surface area contributed by atoms with Gasteiger partial charge in [0.15, 0.2) is 11.5 Å². The van der Waals surface area contributed by atoms with Gasteiger partial charge in [-0.15, -0.1) is 0 Å². The Balaban J connectivity index is 2.21. The lowest BCUT2D eigenvalue weighted by Crippen LogP contribution is -2.30. The smallest absolute Gasteiger partial charge is 0.295 e. The lowest BCUT2D eigenvalue weighted by molar-refractivity contribution is -0.139. The number of ketones is 1. The van der Waals surface area contributed by atoms with Crippen molar-refractivity contribution in [3.63, 3.8) is 0 Å². The van der Waals surface area contributed by atoms with Gasteiger partial charge in [0.2, 0.25) is 0 Å². The zero-order chi connectivity index (χ0) is 25.0. The molecule has 3 rings (SSSR count).